The van der Waals surface area contributed by atoms with Gasteiger partial charge >= 0.3 is 0 Å². The molecule has 39 heavy (non-hydrogen) atoms. The Hall–Kier alpha value is -3.78. The number of hydrogen-bond acceptors (Lipinski definition) is 5. The average molecular weight is 534 g/mol. The molecule has 0 radical (unpaired) electrons. The van der Waals surface area contributed by atoms with E-state index in [1.54, 1.807) is 6.07 Å². The monoisotopic (exact) mass is 533 g/mol. The van der Waals surface area contributed by atoms with Crippen LogP contribution in [0.4, 0.5) is 14.6 Å². The molecule has 1 unspecified atom stereocenters. The van der Waals surface area contributed by atoms with Crippen LogP contribution in [0.15, 0.2) is 64.9 Å². The van der Waals surface area contributed by atoms with Crippen LogP contribution < -0.4 is 16.2 Å². The SMILES string of the molecule is C=C(NC)c1cccc(C2=NC(CCCCN(CC)CC)Nc3c2ccc(=O)n3-c2c(F)cccc2F)c1C. The first-order valence-corrected chi connectivity index (χ1v) is 13.5. The van der Waals surface area contributed by atoms with Gasteiger partial charge in [-0.05, 0) is 69.6 Å². The molecule has 0 saturated heterocycles. The molecule has 2 N–H and O–H groups in total. The number of aromatic nitrogens is 1. The van der Waals surface area contributed by atoms with E-state index < -0.39 is 22.9 Å². The highest BCUT2D eigenvalue weighted by Crippen LogP contribution is 2.32. The smallest absolute Gasteiger partial charge is 0.256 e. The molecule has 206 valence electrons. The molecular formula is C31H37F2N5O. The zero-order valence-electron chi connectivity index (χ0n) is 23.2. The van der Waals surface area contributed by atoms with Crippen LogP contribution in [0.25, 0.3) is 11.4 Å². The van der Waals surface area contributed by atoms with E-state index in [1.165, 1.54) is 12.1 Å². The van der Waals surface area contributed by atoms with Crippen molar-refractivity contribution in [2.24, 2.45) is 4.99 Å². The summed E-state index contributed by atoms with van der Waals surface area (Å²) in [4.78, 5) is 20.6. The summed E-state index contributed by atoms with van der Waals surface area (Å²) in [6.45, 7) is 13.4. The van der Waals surface area contributed by atoms with E-state index in [1.807, 2.05) is 32.2 Å². The summed E-state index contributed by atoms with van der Waals surface area (Å²) < 4.78 is 31.0. The summed E-state index contributed by atoms with van der Waals surface area (Å²) >= 11 is 0. The molecule has 0 amide bonds. The second-order valence-corrected chi connectivity index (χ2v) is 9.71. The highest BCUT2D eigenvalue weighted by molar-refractivity contribution is 6.17. The molecule has 2 aromatic carbocycles. The van der Waals surface area contributed by atoms with Gasteiger partial charge in [-0.15, -0.1) is 0 Å². The van der Waals surface area contributed by atoms with E-state index in [0.717, 1.165) is 71.6 Å². The lowest BCUT2D eigenvalue weighted by Gasteiger charge is -2.29. The van der Waals surface area contributed by atoms with Gasteiger partial charge in [-0.2, -0.15) is 0 Å². The first-order valence-electron chi connectivity index (χ1n) is 13.5. The van der Waals surface area contributed by atoms with Crippen LogP contribution >= 0.6 is 0 Å². The number of anilines is 1. The molecule has 1 aromatic heterocycles. The molecule has 1 aliphatic heterocycles. The van der Waals surface area contributed by atoms with Gasteiger partial charge in [0.15, 0.2) is 0 Å². The molecule has 4 rings (SSSR count). The number of benzene rings is 2. The minimum atomic E-state index is -0.810. The lowest BCUT2D eigenvalue weighted by molar-refractivity contribution is 0.295. The second kappa shape index (κ2) is 12.4. The van der Waals surface area contributed by atoms with Crippen LogP contribution in [-0.2, 0) is 0 Å². The Morgan fingerprint density at radius 3 is 2.41 bits per heavy atom. The molecule has 0 spiro atoms. The molecule has 0 fully saturated rings. The first-order chi connectivity index (χ1) is 18.8. The Labute approximate surface area is 229 Å². The van der Waals surface area contributed by atoms with Gasteiger partial charge in [0.25, 0.3) is 5.56 Å². The van der Waals surface area contributed by atoms with Crippen molar-refractivity contribution in [3.63, 3.8) is 0 Å². The number of fused-ring (bicyclic) bond motifs is 1. The normalized spacial score (nSPS) is 14.5. The van der Waals surface area contributed by atoms with E-state index in [9.17, 15) is 13.6 Å². The third-order valence-electron chi connectivity index (χ3n) is 7.41. The fraction of sp³-hybridized carbons (Fsp3) is 0.355. The highest BCUT2D eigenvalue weighted by Gasteiger charge is 2.28. The van der Waals surface area contributed by atoms with Gasteiger partial charge in [0.2, 0.25) is 0 Å². The summed E-state index contributed by atoms with van der Waals surface area (Å²) in [5, 5.41) is 6.45. The summed E-state index contributed by atoms with van der Waals surface area (Å²) in [6.07, 6.45) is 2.23. The zero-order valence-corrected chi connectivity index (χ0v) is 23.2. The number of aliphatic imine (C=N–C) groups is 1. The van der Waals surface area contributed by atoms with Gasteiger partial charge in [0.05, 0.1) is 5.71 Å². The molecule has 6 nitrogen and oxygen atoms in total. The van der Waals surface area contributed by atoms with Crippen molar-refractivity contribution in [3.8, 4) is 5.69 Å². The van der Waals surface area contributed by atoms with Crippen LogP contribution in [-0.4, -0.2) is 48.0 Å². The van der Waals surface area contributed by atoms with Crippen LogP contribution in [0.2, 0.25) is 0 Å². The Kier molecular flexibility index (Phi) is 8.97. The fourth-order valence-corrected chi connectivity index (χ4v) is 5.13. The highest BCUT2D eigenvalue weighted by atomic mass is 19.1. The number of para-hydroxylation sites is 1. The summed E-state index contributed by atoms with van der Waals surface area (Å²) in [5.74, 6) is -1.28. The van der Waals surface area contributed by atoms with E-state index >= 15 is 0 Å². The predicted octanol–water partition coefficient (Wildman–Crippen LogP) is 5.72. The van der Waals surface area contributed by atoms with Gasteiger partial charge in [0, 0.05) is 35.5 Å². The summed E-state index contributed by atoms with van der Waals surface area (Å²) in [6, 6.07) is 12.5. The molecular weight excluding hydrogens is 496 g/mol. The number of rotatable bonds is 11. The van der Waals surface area contributed by atoms with E-state index in [0.29, 0.717) is 23.5 Å². The van der Waals surface area contributed by atoms with Gasteiger partial charge in [-0.3, -0.25) is 14.4 Å². The van der Waals surface area contributed by atoms with Gasteiger partial charge in [0.1, 0.15) is 29.3 Å². The third kappa shape index (κ3) is 5.81. The number of nitrogens with one attached hydrogen (secondary N) is 2. The number of hydrogen-bond donors (Lipinski definition) is 2. The van der Waals surface area contributed by atoms with Crippen molar-refractivity contribution < 1.29 is 8.78 Å². The summed E-state index contributed by atoms with van der Waals surface area (Å²) in [7, 11) is 1.82. The maximum atomic E-state index is 15.0. The molecule has 8 heteroatoms. The van der Waals surface area contributed by atoms with Crippen molar-refractivity contribution in [1.29, 1.82) is 0 Å². The van der Waals surface area contributed by atoms with Crippen molar-refractivity contribution in [2.45, 2.75) is 46.2 Å². The Morgan fingerprint density at radius 1 is 1.05 bits per heavy atom. The van der Waals surface area contributed by atoms with Crippen molar-refractivity contribution >= 4 is 17.2 Å². The Bertz CT molecular complexity index is 1420. The average Bonchev–Trinajstić information content (AvgIpc) is 2.93. The molecule has 0 saturated carbocycles. The lowest BCUT2D eigenvalue weighted by Crippen LogP contribution is -2.34. The number of unbranched alkanes of at least 4 members (excludes halogenated alkanes) is 1. The predicted molar refractivity (Wildman–Crippen MR) is 156 cm³/mol. The topological polar surface area (TPSA) is 61.7 Å². The number of halogens is 2. The maximum absolute atomic E-state index is 15.0. The number of pyridine rings is 1. The third-order valence-corrected chi connectivity index (χ3v) is 7.41. The van der Waals surface area contributed by atoms with Crippen LogP contribution in [0, 0.1) is 18.6 Å². The molecule has 2 heterocycles. The second-order valence-electron chi connectivity index (χ2n) is 9.71. The van der Waals surface area contributed by atoms with Crippen molar-refractivity contribution in [1.82, 2.24) is 14.8 Å². The largest absolute Gasteiger partial charge is 0.388 e. The first kappa shape index (κ1) is 28.2. The van der Waals surface area contributed by atoms with Gasteiger partial charge in [-0.25, -0.2) is 8.78 Å². The van der Waals surface area contributed by atoms with Gasteiger partial charge < -0.3 is 15.5 Å². The molecule has 3 aromatic rings. The van der Waals surface area contributed by atoms with Crippen LogP contribution in [0.5, 0.6) is 0 Å². The van der Waals surface area contributed by atoms with Crippen molar-refractivity contribution in [3.05, 3.63) is 99.4 Å². The van der Waals surface area contributed by atoms with Crippen LogP contribution in [0.1, 0.15) is 55.4 Å². The quantitative estimate of drug-likeness (QED) is 0.310. The standard InChI is InChI=1S/C31H37F2N5O/c1-6-37(7-2)19-9-8-16-27-35-29(23-13-10-12-22(20(23)3)21(4)34-5)24-17-18-28(39)38(31(24)36-27)30-25(32)14-11-15-26(30)33/h10-15,17-18,27,34,36H,4,6-9,16,19H2,1-3,5H3. The molecule has 1 atom stereocenters. The number of nitrogens with zero attached hydrogens (tertiary/aromatic N) is 3. The van der Waals surface area contributed by atoms with Gasteiger partial charge in [-0.1, -0.05) is 44.7 Å². The summed E-state index contributed by atoms with van der Waals surface area (Å²) in [5.41, 5.74) is 3.91. The molecule has 0 bridgehead atoms. The van der Waals surface area contributed by atoms with Crippen LogP contribution in [0.3, 0.4) is 0 Å². The van der Waals surface area contributed by atoms with E-state index in [-0.39, 0.29) is 6.17 Å². The fourth-order valence-electron chi connectivity index (χ4n) is 5.13. The van der Waals surface area contributed by atoms with E-state index in [2.05, 4.69) is 36.0 Å². The minimum absolute atomic E-state index is 0.336. The minimum Gasteiger partial charge on any atom is -0.388 e. The zero-order chi connectivity index (χ0) is 28.1. The Morgan fingerprint density at radius 2 is 1.74 bits per heavy atom. The van der Waals surface area contributed by atoms with E-state index in [4.69, 9.17) is 4.99 Å². The van der Waals surface area contributed by atoms with Crippen molar-refractivity contribution in [2.75, 3.05) is 32.0 Å². The Balaban J connectivity index is 1.83. The maximum Gasteiger partial charge on any atom is 0.256 e. The molecule has 1 aliphatic rings. The molecule has 0 aliphatic carbocycles. The lowest BCUT2D eigenvalue weighted by atomic mass is 9.92.